The minimum absolute atomic E-state index is 0.191. The molecule has 494 valence electrons. The maximum absolute atomic E-state index is 15.8. The standard InChI is InChI=1S/C74H92N2O16/c1-13-54(52-43-65(85-7)69(89-11)66(44-52)86-8)71(77)75-38-18-16-29-58(75)74(80)92-60(35-31-49-33-37-62(82-4)64(42-49)84-6)55-26-15-14-23-50(55)24-21-27-56(53-45-67(87-9)70(90-12)68(46-53)88-10)72(78)76-39-19-17-28-57(76)73(79)91-59(51-25-20-22-47(2)40-51)34-30-48-32-36-61(81-3)63(41-48)83-5/h14-15,20,22-23,25-26,32-33,36-37,40-46,54,56-60H,13,16-19,21,24,27-31,34-35,38-39H2,1-12H3/t54-,56-,57-,58-,59-,60-/m0/s1. The van der Waals surface area contributed by atoms with Crippen molar-refractivity contribution in [2.45, 2.75) is 140 Å². The smallest absolute Gasteiger partial charge is 0.329 e. The zero-order valence-electron chi connectivity index (χ0n) is 55.6. The quantitative estimate of drug-likeness (QED) is 0.0374. The first-order valence-electron chi connectivity index (χ1n) is 31.9. The molecule has 6 aromatic carbocycles. The molecule has 2 saturated heterocycles. The number of likely N-dealkylation sites (tertiary alicyclic amines) is 2. The van der Waals surface area contributed by atoms with Crippen molar-refractivity contribution in [3.63, 3.8) is 0 Å². The lowest BCUT2D eigenvalue weighted by Gasteiger charge is -2.37. The summed E-state index contributed by atoms with van der Waals surface area (Å²) in [6.07, 6.45) is 6.12. The highest BCUT2D eigenvalue weighted by atomic mass is 16.6. The molecule has 18 nitrogen and oxygen atoms in total. The molecule has 92 heavy (non-hydrogen) atoms. The molecule has 0 radical (unpaired) electrons. The lowest BCUT2D eigenvalue weighted by molar-refractivity contribution is -0.162. The first kappa shape index (κ1) is 69.1. The van der Waals surface area contributed by atoms with Crippen molar-refractivity contribution in [3.05, 3.63) is 154 Å². The molecule has 18 heteroatoms. The fourth-order valence-corrected chi connectivity index (χ4v) is 13.0. The zero-order valence-corrected chi connectivity index (χ0v) is 55.6. The Balaban J connectivity index is 1.09. The van der Waals surface area contributed by atoms with Gasteiger partial charge in [-0.25, -0.2) is 9.59 Å². The topological polar surface area (TPSA) is 186 Å². The number of aryl methyl sites for hydroxylation is 4. The van der Waals surface area contributed by atoms with Gasteiger partial charge < -0.3 is 66.6 Å². The fraction of sp³-hybridized carbons (Fsp3) is 0.459. The lowest BCUT2D eigenvalue weighted by atomic mass is 9.87. The number of carbonyl (C=O) groups excluding carboxylic acids is 4. The fourth-order valence-electron chi connectivity index (χ4n) is 13.0. The van der Waals surface area contributed by atoms with Gasteiger partial charge in [0.05, 0.1) is 82.9 Å². The molecule has 2 heterocycles. The van der Waals surface area contributed by atoms with E-state index in [1.807, 2.05) is 111 Å². The second-order valence-electron chi connectivity index (χ2n) is 23.3. The van der Waals surface area contributed by atoms with Crippen molar-refractivity contribution in [1.29, 1.82) is 0 Å². The van der Waals surface area contributed by atoms with Crippen molar-refractivity contribution in [3.8, 4) is 57.5 Å². The van der Waals surface area contributed by atoms with Crippen LogP contribution in [0, 0.1) is 6.92 Å². The minimum atomic E-state index is -0.853. The largest absolute Gasteiger partial charge is 0.493 e. The Hall–Kier alpha value is -8.80. The van der Waals surface area contributed by atoms with Crippen LogP contribution in [0.4, 0.5) is 0 Å². The monoisotopic (exact) mass is 1260 g/mol. The predicted octanol–water partition coefficient (Wildman–Crippen LogP) is 13.3. The van der Waals surface area contributed by atoms with E-state index in [-0.39, 0.29) is 11.8 Å². The highest BCUT2D eigenvalue weighted by Gasteiger charge is 2.41. The third-order valence-electron chi connectivity index (χ3n) is 17.9. The van der Waals surface area contributed by atoms with E-state index in [2.05, 4.69) is 0 Å². The van der Waals surface area contributed by atoms with E-state index in [1.165, 1.54) is 28.4 Å². The number of amides is 2. The SMILES string of the molecule is CC[C@H](C(=O)N1CCCC[C@H]1C(=O)O[C@@H](CCc1ccc(OC)c(OC)c1)c1ccccc1CCC[C@H](C(=O)N1CCCC[C@H]1C(=O)O[C@@H](CCc1ccc(OC)c(OC)c1)c1cccc(C)c1)c1cc(OC)c(OC)c(OC)c1)c1cc(OC)c(OC)c(OC)c1. The molecule has 0 aromatic heterocycles. The van der Waals surface area contributed by atoms with E-state index in [0.29, 0.717) is 152 Å². The van der Waals surface area contributed by atoms with Crippen molar-refractivity contribution < 1.29 is 76.0 Å². The highest BCUT2D eigenvalue weighted by molar-refractivity contribution is 5.90. The molecule has 2 fully saturated rings. The number of hydrogen-bond acceptors (Lipinski definition) is 16. The summed E-state index contributed by atoms with van der Waals surface area (Å²) in [5, 5.41) is 0. The van der Waals surface area contributed by atoms with Crippen LogP contribution in [0.1, 0.15) is 146 Å². The van der Waals surface area contributed by atoms with Gasteiger partial charge in [0.2, 0.25) is 23.3 Å². The number of carbonyl (C=O) groups is 4. The zero-order chi connectivity index (χ0) is 65.8. The Labute approximate surface area is 542 Å². The number of benzene rings is 6. The maximum atomic E-state index is 15.8. The van der Waals surface area contributed by atoms with E-state index in [4.69, 9.17) is 56.8 Å². The summed E-state index contributed by atoms with van der Waals surface area (Å²) >= 11 is 0. The molecule has 6 atom stereocenters. The Morgan fingerprint density at radius 3 is 1.36 bits per heavy atom. The molecular weight excluding hydrogens is 1170 g/mol. The van der Waals surface area contributed by atoms with E-state index in [1.54, 1.807) is 64.6 Å². The average molecular weight is 1270 g/mol. The van der Waals surface area contributed by atoms with E-state index < -0.39 is 48.1 Å². The second kappa shape index (κ2) is 33.5. The maximum Gasteiger partial charge on any atom is 0.329 e. The number of hydrogen-bond donors (Lipinski definition) is 0. The molecule has 6 aromatic rings. The first-order valence-corrected chi connectivity index (χ1v) is 31.9. The summed E-state index contributed by atoms with van der Waals surface area (Å²) < 4.78 is 70.2. The Morgan fingerprint density at radius 2 is 0.891 bits per heavy atom. The van der Waals surface area contributed by atoms with Gasteiger partial charge in [-0.1, -0.05) is 73.2 Å². The Kier molecular flexibility index (Phi) is 25.2. The molecule has 2 amide bonds. The summed E-state index contributed by atoms with van der Waals surface area (Å²) in [6.45, 7) is 4.69. The molecule has 0 N–H and O–H groups in total. The predicted molar refractivity (Wildman–Crippen MR) is 351 cm³/mol. The van der Waals surface area contributed by atoms with E-state index in [9.17, 15) is 9.59 Å². The van der Waals surface area contributed by atoms with Crippen LogP contribution in [0.5, 0.6) is 57.5 Å². The minimum Gasteiger partial charge on any atom is -0.493 e. The van der Waals surface area contributed by atoms with Crippen LogP contribution >= 0.6 is 0 Å². The molecule has 0 saturated carbocycles. The number of ether oxygens (including phenoxy) is 12. The van der Waals surface area contributed by atoms with Crippen LogP contribution in [-0.4, -0.2) is 130 Å². The van der Waals surface area contributed by atoms with E-state index in [0.717, 1.165) is 52.6 Å². The number of methoxy groups -OCH3 is 10. The van der Waals surface area contributed by atoms with Gasteiger partial charge in [-0.3, -0.25) is 9.59 Å². The van der Waals surface area contributed by atoms with Crippen molar-refractivity contribution in [2.24, 2.45) is 0 Å². The lowest BCUT2D eigenvalue weighted by Crippen LogP contribution is -2.50. The summed E-state index contributed by atoms with van der Waals surface area (Å²) in [4.78, 5) is 64.1. The Bertz CT molecular complexity index is 3410. The molecule has 0 unspecified atom stereocenters. The highest BCUT2D eigenvalue weighted by Crippen LogP contribution is 2.44. The van der Waals surface area contributed by atoms with Gasteiger partial charge >= 0.3 is 11.9 Å². The summed E-state index contributed by atoms with van der Waals surface area (Å²) in [5.41, 5.74) is 6.87. The number of esters is 2. The van der Waals surface area contributed by atoms with Crippen LogP contribution in [0.2, 0.25) is 0 Å². The first-order chi connectivity index (χ1) is 44.7. The van der Waals surface area contributed by atoms with Crippen LogP contribution in [0.3, 0.4) is 0 Å². The molecule has 0 aliphatic carbocycles. The van der Waals surface area contributed by atoms with Gasteiger partial charge in [0.1, 0.15) is 24.3 Å². The molecule has 2 aliphatic rings. The van der Waals surface area contributed by atoms with Crippen molar-refractivity contribution >= 4 is 23.8 Å². The number of rotatable bonds is 31. The van der Waals surface area contributed by atoms with Crippen molar-refractivity contribution in [2.75, 3.05) is 84.2 Å². The van der Waals surface area contributed by atoms with Crippen LogP contribution in [-0.2, 0) is 47.9 Å². The van der Waals surface area contributed by atoms with Crippen LogP contribution in [0.25, 0.3) is 0 Å². The number of nitrogens with zero attached hydrogens (tertiary/aromatic N) is 2. The van der Waals surface area contributed by atoms with E-state index >= 15 is 9.59 Å². The second-order valence-corrected chi connectivity index (χ2v) is 23.3. The van der Waals surface area contributed by atoms with Crippen LogP contribution in [0.15, 0.2) is 109 Å². The summed E-state index contributed by atoms with van der Waals surface area (Å²) in [6, 6.07) is 33.0. The third kappa shape index (κ3) is 16.4. The molecule has 0 spiro atoms. The van der Waals surface area contributed by atoms with Gasteiger partial charge in [0.15, 0.2) is 46.0 Å². The van der Waals surface area contributed by atoms with Gasteiger partial charge in [-0.05, 0) is 184 Å². The number of piperidine rings is 2. The third-order valence-corrected chi connectivity index (χ3v) is 17.9. The molecular formula is C74H92N2O16. The van der Waals surface area contributed by atoms with Crippen LogP contribution < -0.4 is 47.4 Å². The normalized spacial score (nSPS) is 16.0. The van der Waals surface area contributed by atoms with Gasteiger partial charge in [0.25, 0.3) is 0 Å². The molecule has 2 aliphatic heterocycles. The summed E-state index contributed by atoms with van der Waals surface area (Å²) in [7, 11) is 15.6. The van der Waals surface area contributed by atoms with Crippen molar-refractivity contribution in [1.82, 2.24) is 9.80 Å². The van der Waals surface area contributed by atoms with Gasteiger partial charge in [-0.2, -0.15) is 0 Å². The van der Waals surface area contributed by atoms with Gasteiger partial charge in [0, 0.05) is 13.1 Å². The van der Waals surface area contributed by atoms with Gasteiger partial charge in [-0.15, -0.1) is 0 Å². The Morgan fingerprint density at radius 1 is 0.435 bits per heavy atom. The molecule has 8 rings (SSSR count). The average Bonchev–Trinajstić information content (AvgIpc) is 0.947. The summed E-state index contributed by atoms with van der Waals surface area (Å²) in [5.74, 6) is 2.06. The molecule has 0 bridgehead atoms.